The number of halogens is 5. The van der Waals surface area contributed by atoms with Gasteiger partial charge in [-0.2, -0.15) is 13.2 Å². The first-order valence-corrected chi connectivity index (χ1v) is 8.00. The number of aliphatic imine (C=N–C) groups is 1. The van der Waals surface area contributed by atoms with Crippen molar-refractivity contribution < 1.29 is 17.6 Å². The van der Waals surface area contributed by atoms with Gasteiger partial charge < -0.3 is 0 Å². The van der Waals surface area contributed by atoms with Gasteiger partial charge in [-0.05, 0) is 12.1 Å². The van der Waals surface area contributed by atoms with Crippen molar-refractivity contribution in [3.8, 4) is 0 Å². The predicted octanol–water partition coefficient (Wildman–Crippen LogP) is 6.67. The zero-order valence-corrected chi connectivity index (χ0v) is 14.0. The lowest BCUT2D eigenvalue weighted by Gasteiger charge is -2.12. The van der Waals surface area contributed by atoms with Crippen LogP contribution in [0.1, 0.15) is 16.7 Å². The van der Waals surface area contributed by atoms with E-state index in [-0.39, 0.29) is 5.69 Å². The molecule has 26 heavy (non-hydrogen) atoms. The van der Waals surface area contributed by atoms with Crippen molar-refractivity contribution in [3.63, 3.8) is 0 Å². The van der Waals surface area contributed by atoms with Crippen LogP contribution < -0.4 is 0 Å². The molecule has 0 spiro atoms. The first-order valence-electron chi connectivity index (χ1n) is 7.62. The Morgan fingerprint density at radius 2 is 1.27 bits per heavy atom. The lowest BCUT2D eigenvalue weighted by atomic mass is 10.0. The predicted molar refractivity (Wildman–Crippen MR) is 94.6 cm³/mol. The van der Waals surface area contributed by atoms with Crippen LogP contribution in [-0.4, -0.2) is 5.71 Å². The molecule has 0 heterocycles. The van der Waals surface area contributed by atoms with E-state index in [1.807, 2.05) is 36.4 Å². The van der Waals surface area contributed by atoms with E-state index in [4.69, 9.17) is 11.6 Å². The molecule has 3 aromatic carbocycles. The van der Waals surface area contributed by atoms with Crippen LogP contribution in [0.15, 0.2) is 77.8 Å². The van der Waals surface area contributed by atoms with Gasteiger partial charge >= 0.3 is 6.18 Å². The maximum atomic E-state index is 14.1. The van der Waals surface area contributed by atoms with Gasteiger partial charge in [0.2, 0.25) is 0 Å². The lowest BCUT2D eigenvalue weighted by Crippen LogP contribution is -2.08. The molecule has 0 fully saturated rings. The van der Waals surface area contributed by atoms with Crippen LogP contribution in [0.25, 0.3) is 0 Å². The summed E-state index contributed by atoms with van der Waals surface area (Å²) in [5.41, 5.74) is 0.458. The fraction of sp³-hybridized carbons (Fsp3) is 0.0500. The Morgan fingerprint density at radius 1 is 0.769 bits per heavy atom. The number of nitrogens with zero attached hydrogens (tertiary/aromatic N) is 1. The van der Waals surface area contributed by atoms with Gasteiger partial charge in [-0.25, -0.2) is 9.38 Å². The smallest absolute Gasteiger partial charge is 0.246 e. The van der Waals surface area contributed by atoms with Gasteiger partial charge in [-0.3, -0.25) is 0 Å². The van der Waals surface area contributed by atoms with Crippen LogP contribution in [0, 0.1) is 5.82 Å². The second-order valence-corrected chi connectivity index (χ2v) is 5.83. The van der Waals surface area contributed by atoms with E-state index in [2.05, 4.69) is 4.99 Å². The van der Waals surface area contributed by atoms with Gasteiger partial charge in [-0.15, -0.1) is 0 Å². The highest BCUT2D eigenvalue weighted by Gasteiger charge is 2.35. The minimum absolute atomic E-state index is 0.0696. The number of rotatable bonds is 3. The van der Waals surface area contributed by atoms with Crippen LogP contribution in [0.3, 0.4) is 0 Å². The Balaban J connectivity index is 2.17. The van der Waals surface area contributed by atoms with E-state index < -0.39 is 22.6 Å². The third-order valence-corrected chi connectivity index (χ3v) is 4.05. The molecule has 0 atom stereocenters. The maximum Gasteiger partial charge on any atom is 0.419 e. The van der Waals surface area contributed by atoms with E-state index >= 15 is 0 Å². The summed E-state index contributed by atoms with van der Waals surface area (Å²) in [5, 5.41) is -0.663. The number of hydrogen-bond acceptors (Lipinski definition) is 1. The molecular formula is C20H12ClF4N. The molecule has 0 N–H and O–H groups in total. The van der Waals surface area contributed by atoms with Gasteiger partial charge in [0, 0.05) is 11.1 Å². The summed E-state index contributed by atoms with van der Waals surface area (Å²) in [6, 6.07) is 19.8. The van der Waals surface area contributed by atoms with E-state index in [1.54, 1.807) is 24.3 Å². The standard InChI is InChI=1S/C20H12ClF4N/c21-17-16(12-11-15(18(17)22)20(23,24)25)26-19(13-7-3-1-4-8-13)14-9-5-2-6-10-14/h1-12H. The van der Waals surface area contributed by atoms with Crippen LogP contribution in [0.5, 0.6) is 0 Å². The summed E-state index contributed by atoms with van der Waals surface area (Å²) >= 11 is 5.84. The Labute approximate surface area is 152 Å². The molecule has 3 rings (SSSR count). The van der Waals surface area contributed by atoms with Gasteiger partial charge in [-0.1, -0.05) is 72.3 Å². The van der Waals surface area contributed by atoms with E-state index in [1.165, 1.54) is 0 Å². The van der Waals surface area contributed by atoms with Gasteiger partial charge in [0.25, 0.3) is 0 Å². The SMILES string of the molecule is Fc1c(C(F)(F)F)ccc(N=C(c2ccccc2)c2ccccc2)c1Cl. The molecule has 6 heteroatoms. The van der Waals surface area contributed by atoms with Crippen molar-refractivity contribution in [2.45, 2.75) is 6.18 Å². The molecule has 0 bridgehead atoms. The third kappa shape index (κ3) is 3.78. The second-order valence-electron chi connectivity index (χ2n) is 5.45. The molecule has 0 aromatic heterocycles. The van der Waals surface area contributed by atoms with Crippen LogP contribution in [0.2, 0.25) is 5.02 Å². The summed E-state index contributed by atoms with van der Waals surface area (Å²) in [6.07, 6.45) is -4.82. The average Bonchev–Trinajstić information content (AvgIpc) is 2.63. The zero-order chi connectivity index (χ0) is 18.7. The minimum Gasteiger partial charge on any atom is -0.246 e. The number of benzene rings is 3. The molecule has 0 saturated carbocycles. The van der Waals surface area contributed by atoms with E-state index in [0.29, 0.717) is 11.8 Å². The Kier molecular flexibility index (Phi) is 5.09. The summed E-state index contributed by atoms with van der Waals surface area (Å²) in [6.45, 7) is 0. The molecule has 3 aromatic rings. The lowest BCUT2D eigenvalue weighted by molar-refractivity contribution is -0.139. The van der Waals surface area contributed by atoms with E-state index in [9.17, 15) is 17.6 Å². The first kappa shape index (κ1) is 18.1. The quantitative estimate of drug-likeness (QED) is 0.357. The van der Waals surface area contributed by atoms with Crippen molar-refractivity contribution in [2.75, 3.05) is 0 Å². The van der Waals surface area contributed by atoms with Crippen molar-refractivity contribution in [2.24, 2.45) is 4.99 Å². The highest BCUT2D eigenvalue weighted by molar-refractivity contribution is 6.33. The molecule has 0 aliphatic rings. The Hall–Kier alpha value is -2.66. The van der Waals surface area contributed by atoms with Crippen molar-refractivity contribution in [3.05, 3.63) is 100 Å². The van der Waals surface area contributed by atoms with E-state index in [0.717, 1.165) is 17.2 Å². The monoisotopic (exact) mass is 377 g/mol. The second kappa shape index (κ2) is 7.30. The zero-order valence-electron chi connectivity index (χ0n) is 13.3. The van der Waals surface area contributed by atoms with Crippen LogP contribution in [-0.2, 0) is 6.18 Å². The fourth-order valence-corrected chi connectivity index (χ4v) is 2.66. The van der Waals surface area contributed by atoms with Gasteiger partial charge in [0.1, 0.15) is 5.02 Å². The summed E-state index contributed by atoms with van der Waals surface area (Å²) < 4.78 is 52.5. The van der Waals surface area contributed by atoms with Crippen molar-refractivity contribution >= 4 is 23.0 Å². The fourth-order valence-electron chi connectivity index (χ4n) is 2.45. The largest absolute Gasteiger partial charge is 0.419 e. The molecular weight excluding hydrogens is 366 g/mol. The molecule has 0 saturated heterocycles. The Bertz CT molecular complexity index is 894. The van der Waals surface area contributed by atoms with Crippen LogP contribution in [0.4, 0.5) is 23.2 Å². The summed E-state index contributed by atoms with van der Waals surface area (Å²) in [5.74, 6) is -1.53. The van der Waals surface area contributed by atoms with Crippen molar-refractivity contribution in [1.29, 1.82) is 0 Å². The van der Waals surface area contributed by atoms with Crippen molar-refractivity contribution in [1.82, 2.24) is 0 Å². The normalized spacial score (nSPS) is 11.3. The molecule has 0 amide bonds. The highest BCUT2D eigenvalue weighted by atomic mass is 35.5. The molecule has 0 radical (unpaired) electrons. The number of alkyl halides is 3. The topological polar surface area (TPSA) is 12.4 Å². The molecule has 0 aliphatic carbocycles. The molecule has 0 aliphatic heterocycles. The highest BCUT2D eigenvalue weighted by Crippen LogP contribution is 2.38. The Morgan fingerprint density at radius 3 is 1.73 bits per heavy atom. The maximum absolute atomic E-state index is 14.1. The molecule has 0 unspecified atom stereocenters. The average molecular weight is 378 g/mol. The summed E-state index contributed by atoms with van der Waals surface area (Å²) in [4.78, 5) is 4.36. The summed E-state index contributed by atoms with van der Waals surface area (Å²) in [7, 11) is 0. The number of hydrogen-bond donors (Lipinski definition) is 0. The molecule has 1 nitrogen and oxygen atoms in total. The third-order valence-electron chi connectivity index (χ3n) is 3.69. The van der Waals surface area contributed by atoms with Crippen LogP contribution >= 0.6 is 11.6 Å². The van der Waals surface area contributed by atoms with Gasteiger partial charge in [0.15, 0.2) is 5.82 Å². The molecule has 132 valence electrons. The van der Waals surface area contributed by atoms with Gasteiger partial charge in [0.05, 0.1) is 17.0 Å². The minimum atomic E-state index is -4.82. The first-order chi connectivity index (χ1) is 12.4.